The first kappa shape index (κ1) is 12.2. The molecule has 19 heavy (non-hydrogen) atoms. The second-order valence-corrected chi connectivity index (χ2v) is 4.72. The molecule has 1 N–H and O–H groups in total. The molecule has 0 unspecified atom stereocenters. The van der Waals surface area contributed by atoms with Gasteiger partial charge in [-0.2, -0.15) is 5.10 Å². The van der Waals surface area contributed by atoms with Crippen molar-refractivity contribution in [1.82, 2.24) is 15.1 Å². The summed E-state index contributed by atoms with van der Waals surface area (Å²) in [5.41, 5.74) is 1.31. The molecule has 0 aliphatic heterocycles. The molecule has 0 spiro atoms. The number of hydrogen-bond donors (Lipinski definition) is 1. The minimum Gasteiger partial charge on any atom is -0.497 e. The predicted octanol–water partition coefficient (Wildman–Crippen LogP) is 2.27. The molecule has 1 aromatic carbocycles. The van der Waals surface area contributed by atoms with Gasteiger partial charge in [-0.05, 0) is 31.0 Å². The summed E-state index contributed by atoms with van der Waals surface area (Å²) < 4.78 is 20.4. The summed E-state index contributed by atoms with van der Waals surface area (Å²) in [6.07, 6.45) is 4.25. The van der Waals surface area contributed by atoms with Gasteiger partial charge in [0.2, 0.25) is 0 Å². The number of halogens is 1. The third kappa shape index (κ3) is 2.76. The Hall–Kier alpha value is -1.88. The Bertz CT molecular complexity index is 578. The quantitative estimate of drug-likeness (QED) is 0.897. The number of methoxy groups -OCH3 is 1. The highest BCUT2D eigenvalue weighted by Gasteiger charge is 2.20. The van der Waals surface area contributed by atoms with Gasteiger partial charge in [0.05, 0.1) is 12.8 Å². The van der Waals surface area contributed by atoms with E-state index in [0.717, 1.165) is 12.2 Å². The maximum Gasteiger partial charge on any atom is 0.149 e. The van der Waals surface area contributed by atoms with Crippen molar-refractivity contribution in [2.24, 2.45) is 0 Å². The minimum atomic E-state index is -0.314. The van der Waals surface area contributed by atoms with E-state index in [9.17, 15) is 4.39 Å². The van der Waals surface area contributed by atoms with Crippen molar-refractivity contribution in [2.75, 3.05) is 7.11 Å². The van der Waals surface area contributed by atoms with Crippen LogP contribution in [0.25, 0.3) is 5.69 Å². The van der Waals surface area contributed by atoms with E-state index in [1.165, 1.54) is 18.9 Å². The average molecular weight is 261 g/mol. The number of ether oxygens (including phenoxy) is 1. The molecule has 0 amide bonds. The largest absolute Gasteiger partial charge is 0.497 e. The van der Waals surface area contributed by atoms with Gasteiger partial charge in [0, 0.05) is 24.8 Å². The molecule has 1 aliphatic rings. The maximum atomic E-state index is 13.8. The molecular weight excluding hydrogens is 245 g/mol. The van der Waals surface area contributed by atoms with Gasteiger partial charge in [-0.15, -0.1) is 0 Å². The maximum absolute atomic E-state index is 13.8. The van der Waals surface area contributed by atoms with Crippen LogP contribution in [0, 0.1) is 5.82 Å². The van der Waals surface area contributed by atoms with Gasteiger partial charge < -0.3 is 10.1 Å². The molecule has 5 heteroatoms. The van der Waals surface area contributed by atoms with Gasteiger partial charge in [0.25, 0.3) is 0 Å². The lowest BCUT2D eigenvalue weighted by atomic mass is 10.3. The number of nitrogens with one attached hydrogen (secondary N) is 1. The number of nitrogens with zero attached hydrogens (tertiary/aromatic N) is 2. The van der Waals surface area contributed by atoms with E-state index in [0.29, 0.717) is 17.5 Å². The number of hydrogen-bond acceptors (Lipinski definition) is 3. The first-order valence-corrected chi connectivity index (χ1v) is 6.38. The van der Waals surface area contributed by atoms with Crippen molar-refractivity contribution < 1.29 is 9.13 Å². The monoisotopic (exact) mass is 261 g/mol. The van der Waals surface area contributed by atoms with E-state index >= 15 is 0 Å². The standard InChI is InChI=1S/C14H16FN3O/c1-19-12-4-5-13(15)14(8-12)18-7-6-11(17-18)9-16-10-2-3-10/h4-8,10,16H,2-3,9H2,1H3. The highest BCUT2D eigenvalue weighted by Crippen LogP contribution is 2.21. The van der Waals surface area contributed by atoms with E-state index < -0.39 is 0 Å². The van der Waals surface area contributed by atoms with Crippen LogP contribution in [0.1, 0.15) is 18.5 Å². The van der Waals surface area contributed by atoms with Crippen molar-refractivity contribution in [2.45, 2.75) is 25.4 Å². The topological polar surface area (TPSA) is 39.1 Å². The molecule has 0 bridgehead atoms. The first-order valence-electron chi connectivity index (χ1n) is 6.38. The summed E-state index contributed by atoms with van der Waals surface area (Å²) in [5.74, 6) is 0.301. The van der Waals surface area contributed by atoms with Crippen molar-refractivity contribution in [3.05, 3.63) is 42.0 Å². The Labute approximate surface area is 111 Å². The Morgan fingerprint density at radius 1 is 1.42 bits per heavy atom. The van der Waals surface area contributed by atoms with E-state index in [1.54, 1.807) is 30.1 Å². The van der Waals surface area contributed by atoms with Crippen molar-refractivity contribution in [1.29, 1.82) is 0 Å². The third-order valence-electron chi connectivity index (χ3n) is 3.19. The fraction of sp³-hybridized carbons (Fsp3) is 0.357. The van der Waals surface area contributed by atoms with Gasteiger partial charge in [-0.3, -0.25) is 0 Å². The molecule has 3 rings (SSSR count). The molecule has 0 radical (unpaired) electrons. The molecule has 0 saturated heterocycles. The van der Waals surface area contributed by atoms with Crippen LogP contribution in [0.4, 0.5) is 4.39 Å². The van der Waals surface area contributed by atoms with Gasteiger partial charge in [-0.1, -0.05) is 0 Å². The fourth-order valence-corrected chi connectivity index (χ4v) is 1.92. The molecule has 4 nitrogen and oxygen atoms in total. The Morgan fingerprint density at radius 3 is 3.00 bits per heavy atom. The predicted molar refractivity (Wildman–Crippen MR) is 69.9 cm³/mol. The van der Waals surface area contributed by atoms with E-state index in [-0.39, 0.29) is 5.82 Å². The lowest BCUT2D eigenvalue weighted by molar-refractivity contribution is 0.413. The smallest absolute Gasteiger partial charge is 0.149 e. The van der Waals surface area contributed by atoms with Gasteiger partial charge >= 0.3 is 0 Å². The number of benzene rings is 1. The minimum absolute atomic E-state index is 0.314. The second-order valence-electron chi connectivity index (χ2n) is 4.72. The van der Waals surface area contributed by atoms with Crippen LogP contribution in [0.3, 0.4) is 0 Å². The van der Waals surface area contributed by atoms with Crippen molar-refractivity contribution >= 4 is 0 Å². The molecule has 1 aromatic heterocycles. The molecule has 1 saturated carbocycles. The molecule has 1 aliphatic carbocycles. The summed E-state index contributed by atoms with van der Waals surface area (Å²) >= 11 is 0. The molecular formula is C14H16FN3O. The highest BCUT2D eigenvalue weighted by atomic mass is 19.1. The summed E-state index contributed by atoms with van der Waals surface area (Å²) in [4.78, 5) is 0. The van der Waals surface area contributed by atoms with Crippen LogP contribution in [-0.4, -0.2) is 22.9 Å². The van der Waals surface area contributed by atoms with Crippen molar-refractivity contribution in [3.8, 4) is 11.4 Å². The van der Waals surface area contributed by atoms with Gasteiger partial charge in [-0.25, -0.2) is 9.07 Å². The zero-order valence-electron chi connectivity index (χ0n) is 10.8. The van der Waals surface area contributed by atoms with Crippen LogP contribution in [0.2, 0.25) is 0 Å². The first-order chi connectivity index (χ1) is 9.26. The number of rotatable bonds is 5. The van der Waals surface area contributed by atoms with Crippen LogP contribution < -0.4 is 10.1 Å². The summed E-state index contributed by atoms with van der Waals surface area (Å²) in [6, 6.07) is 7.16. The summed E-state index contributed by atoms with van der Waals surface area (Å²) in [5, 5.41) is 7.76. The molecule has 2 aromatic rings. The SMILES string of the molecule is COc1ccc(F)c(-n2ccc(CNC3CC3)n2)c1. The normalized spacial score (nSPS) is 14.6. The van der Waals surface area contributed by atoms with Crippen LogP contribution in [0.5, 0.6) is 5.75 Å². The van der Waals surface area contributed by atoms with Gasteiger partial charge in [0.1, 0.15) is 17.3 Å². The molecule has 1 heterocycles. The summed E-state index contributed by atoms with van der Waals surface area (Å²) in [6.45, 7) is 0.725. The average Bonchev–Trinajstić information content (AvgIpc) is 3.15. The Balaban J connectivity index is 1.80. The number of aromatic nitrogens is 2. The van der Waals surface area contributed by atoms with Crippen molar-refractivity contribution in [3.63, 3.8) is 0 Å². The molecule has 1 fully saturated rings. The second kappa shape index (κ2) is 5.01. The lowest BCUT2D eigenvalue weighted by Gasteiger charge is -2.06. The zero-order chi connectivity index (χ0) is 13.2. The highest BCUT2D eigenvalue weighted by molar-refractivity contribution is 5.40. The Morgan fingerprint density at radius 2 is 2.26 bits per heavy atom. The van der Waals surface area contributed by atoms with Crippen LogP contribution in [-0.2, 0) is 6.54 Å². The van der Waals surface area contributed by atoms with Crippen LogP contribution in [0.15, 0.2) is 30.5 Å². The van der Waals surface area contributed by atoms with E-state index in [2.05, 4.69) is 10.4 Å². The molecule has 0 atom stereocenters. The van der Waals surface area contributed by atoms with Crippen LogP contribution >= 0.6 is 0 Å². The van der Waals surface area contributed by atoms with E-state index in [4.69, 9.17) is 4.74 Å². The fourth-order valence-electron chi connectivity index (χ4n) is 1.92. The van der Waals surface area contributed by atoms with Gasteiger partial charge in [0.15, 0.2) is 0 Å². The third-order valence-corrected chi connectivity index (χ3v) is 3.19. The zero-order valence-corrected chi connectivity index (χ0v) is 10.8. The molecule has 100 valence electrons. The van der Waals surface area contributed by atoms with E-state index in [1.807, 2.05) is 6.07 Å². The Kier molecular flexibility index (Phi) is 3.21. The summed E-state index contributed by atoms with van der Waals surface area (Å²) in [7, 11) is 1.56. The lowest BCUT2D eigenvalue weighted by Crippen LogP contribution is -2.15.